The number of halogens is 3. The first kappa shape index (κ1) is 48.0. The molecular formula is C47H51ClF2N12O4S2. The second-order valence-corrected chi connectivity index (χ2v) is 18.8. The number of piperidine rings is 2. The summed E-state index contributed by atoms with van der Waals surface area (Å²) in [4.78, 5) is 43.9. The molecule has 21 heteroatoms. The summed E-state index contributed by atoms with van der Waals surface area (Å²) >= 11 is 3.04. The number of likely N-dealkylation sites (tertiary alicyclic amines) is 1. The van der Waals surface area contributed by atoms with E-state index >= 15 is 0 Å². The molecule has 2 aromatic carbocycles. The number of aromatic nitrogens is 8. The minimum atomic E-state index is -0.542. The van der Waals surface area contributed by atoms with E-state index in [-0.39, 0.29) is 36.0 Å². The molecule has 8 aromatic rings. The van der Waals surface area contributed by atoms with Crippen molar-refractivity contribution in [2.45, 2.75) is 64.1 Å². The van der Waals surface area contributed by atoms with Gasteiger partial charge in [0.05, 0.1) is 37.0 Å². The lowest BCUT2D eigenvalue weighted by atomic mass is 10.1. The lowest BCUT2D eigenvalue weighted by molar-refractivity contribution is 0.0206. The Bertz CT molecular complexity index is 3020. The molecule has 2 saturated heterocycles. The van der Waals surface area contributed by atoms with Gasteiger partial charge in [-0.3, -0.25) is 8.80 Å². The maximum Gasteiger partial charge on any atom is 0.410 e. The van der Waals surface area contributed by atoms with E-state index in [0.29, 0.717) is 42.4 Å². The van der Waals surface area contributed by atoms with Gasteiger partial charge in [-0.1, -0.05) is 0 Å². The molecule has 3 N–H and O–H groups in total. The zero-order valence-corrected chi connectivity index (χ0v) is 40.5. The summed E-state index contributed by atoms with van der Waals surface area (Å²) in [5.74, 6) is 0.547. The van der Waals surface area contributed by atoms with Crippen LogP contribution in [0.15, 0.2) is 84.1 Å². The van der Waals surface area contributed by atoms with Crippen molar-refractivity contribution in [3.8, 4) is 56.8 Å². The van der Waals surface area contributed by atoms with Crippen LogP contribution in [0.1, 0.15) is 46.5 Å². The predicted octanol–water partition coefficient (Wildman–Crippen LogP) is 9.73. The predicted molar refractivity (Wildman–Crippen MR) is 263 cm³/mol. The van der Waals surface area contributed by atoms with Crippen LogP contribution in [0.2, 0.25) is 0 Å². The molecule has 16 nitrogen and oxygen atoms in total. The number of fused-ring (bicyclic) bond motifs is 2. The number of carbonyl (C=O) groups excluding carboxylic acids is 1. The van der Waals surface area contributed by atoms with E-state index in [2.05, 4.69) is 25.9 Å². The number of rotatable bonds is 10. The molecule has 1 amide bonds. The van der Waals surface area contributed by atoms with Gasteiger partial charge < -0.3 is 35.1 Å². The summed E-state index contributed by atoms with van der Waals surface area (Å²) in [5.41, 5.74) is 5.37. The second-order valence-electron chi connectivity index (χ2n) is 17.1. The van der Waals surface area contributed by atoms with Crippen molar-refractivity contribution in [1.82, 2.24) is 48.9 Å². The molecule has 2 atom stereocenters. The quantitative estimate of drug-likeness (QED) is 0.118. The Balaban J connectivity index is 0.000000185. The Morgan fingerprint density at radius 2 is 1.28 bits per heavy atom. The Hall–Kier alpha value is -6.48. The molecule has 2 aliphatic rings. The molecule has 6 aromatic heterocycles. The van der Waals surface area contributed by atoms with Crippen molar-refractivity contribution in [2.24, 2.45) is 0 Å². The van der Waals surface area contributed by atoms with Crippen molar-refractivity contribution in [3.05, 3.63) is 95.7 Å². The monoisotopic (exact) mass is 984 g/mol. The molecule has 10 rings (SSSR count). The SMILES string of the molecule is COc1cc(-c2nc3sccn3c2-c2ccnc(N[C@@H]3CCCN(C(=O)OC(C)(C)C)C3)n2)ccc1F.COc1cc(-c2nc3sccn3c2-c2ccnc(N[C@@H]3CCCNC3)n2)ccc1F.Cl. The van der Waals surface area contributed by atoms with Crippen LogP contribution in [0, 0.1) is 11.6 Å². The Labute approximate surface area is 405 Å². The van der Waals surface area contributed by atoms with Gasteiger partial charge in [-0.15, -0.1) is 35.1 Å². The lowest BCUT2D eigenvalue weighted by Gasteiger charge is -2.34. The zero-order chi connectivity index (χ0) is 46.7. The largest absolute Gasteiger partial charge is 0.494 e. The average molecular weight is 986 g/mol. The lowest BCUT2D eigenvalue weighted by Crippen LogP contribution is -2.47. The smallest absolute Gasteiger partial charge is 0.410 e. The number of ether oxygens (including phenoxy) is 3. The van der Waals surface area contributed by atoms with E-state index in [9.17, 15) is 13.6 Å². The fourth-order valence-corrected chi connectivity index (χ4v) is 9.55. The normalized spacial score (nSPS) is 16.1. The minimum Gasteiger partial charge on any atom is -0.494 e. The first-order valence-corrected chi connectivity index (χ1v) is 23.7. The van der Waals surface area contributed by atoms with Crippen molar-refractivity contribution < 1.29 is 27.8 Å². The molecule has 2 fully saturated rings. The highest BCUT2D eigenvalue weighted by molar-refractivity contribution is 7.15. The summed E-state index contributed by atoms with van der Waals surface area (Å²) in [6, 6.07) is 13.5. The van der Waals surface area contributed by atoms with Gasteiger partial charge >= 0.3 is 6.09 Å². The van der Waals surface area contributed by atoms with Crippen LogP contribution < -0.4 is 25.4 Å². The van der Waals surface area contributed by atoms with Crippen molar-refractivity contribution >= 4 is 63.0 Å². The average Bonchev–Trinajstić information content (AvgIpc) is 4.13. The molecule has 0 saturated carbocycles. The number of anilines is 2. The molecule has 68 heavy (non-hydrogen) atoms. The summed E-state index contributed by atoms with van der Waals surface area (Å²) in [5, 5.41) is 14.1. The summed E-state index contributed by atoms with van der Waals surface area (Å²) < 4.78 is 47.9. The Morgan fingerprint density at radius 3 is 1.78 bits per heavy atom. The number of carbonyl (C=O) groups is 1. The standard InChI is InChI=1S/C26H29FN6O3S.C21H21FN6OS.ClH/c1-26(2,3)36-25(34)32-11-5-6-17(15-32)29-23-28-10-9-19(30-23)22-21(31-24-33(22)12-13-37-24)16-7-8-18(27)20(14-16)35-4;1-29-17-11-13(4-5-15(17)22)18-19(28-9-10-30-21(28)27-18)16-6-8-24-20(26-16)25-14-3-2-7-23-12-14;/h7-10,12-14,17H,5-6,11,15H2,1-4H3,(H,28,29,30);4-6,8-11,14,23H,2-3,7,12H2,1H3,(H,24,25,26);1H/t17-;14-;/m11./s1. The van der Waals surface area contributed by atoms with Crippen LogP contribution in [0.25, 0.3) is 55.2 Å². The van der Waals surface area contributed by atoms with Crippen molar-refractivity contribution in [2.75, 3.05) is 51.0 Å². The second kappa shape index (κ2) is 20.8. The van der Waals surface area contributed by atoms with E-state index < -0.39 is 17.2 Å². The summed E-state index contributed by atoms with van der Waals surface area (Å²) in [7, 11) is 2.89. The van der Waals surface area contributed by atoms with E-state index in [1.165, 1.54) is 49.0 Å². The number of imidazole rings is 2. The van der Waals surface area contributed by atoms with Gasteiger partial charge in [-0.05, 0) is 102 Å². The van der Waals surface area contributed by atoms with E-state index in [4.69, 9.17) is 34.1 Å². The van der Waals surface area contributed by atoms with Crippen molar-refractivity contribution in [3.63, 3.8) is 0 Å². The number of nitrogens with one attached hydrogen (secondary N) is 3. The van der Waals surface area contributed by atoms with Crippen LogP contribution in [0.3, 0.4) is 0 Å². The van der Waals surface area contributed by atoms with Crippen LogP contribution in [0.5, 0.6) is 11.5 Å². The third kappa shape index (κ3) is 10.6. The fraction of sp³-hybridized carbons (Fsp3) is 0.340. The van der Waals surface area contributed by atoms with E-state index in [1.54, 1.807) is 41.6 Å². The van der Waals surface area contributed by atoms with Gasteiger partial charge in [0.25, 0.3) is 0 Å². The van der Waals surface area contributed by atoms with E-state index in [0.717, 1.165) is 82.6 Å². The van der Waals surface area contributed by atoms with Gasteiger partial charge in [0.1, 0.15) is 17.0 Å². The molecule has 0 bridgehead atoms. The Morgan fingerprint density at radius 1 is 0.750 bits per heavy atom. The topological polar surface area (TPSA) is 170 Å². The highest BCUT2D eigenvalue weighted by atomic mass is 35.5. The number of hydrogen-bond donors (Lipinski definition) is 3. The maximum atomic E-state index is 14.1. The van der Waals surface area contributed by atoms with Gasteiger partial charge in [0.15, 0.2) is 33.1 Å². The number of thiazole rings is 2. The number of methoxy groups -OCH3 is 2. The fourth-order valence-electron chi connectivity index (χ4n) is 8.13. The first-order valence-electron chi connectivity index (χ1n) is 21.9. The van der Waals surface area contributed by atoms with Gasteiger partial charge in [-0.2, -0.15) is 0 Å². The number of nitrogens with zero attached hydrogens (tertiary/aromatic N) is 9. The van der Waals surface area contributed by atoms with Crippen molar-refractivity contribution in [1.29, 1.82) is 0 Å². The molecule has 356 valence electrons. The summed E-state index contributed by atoms with van der Waals surface area (Å²) in [6.07, 6.45) is 11.0. The molecule has 0 spiro atoms. The van der Waals surface area contributed by atoms with Gasteiger partial charge in [0.2, 0.25) is 11.9 Å². The third-order valence-electron chi connectivity index (χ3n) is 11.2. The Kier molecular flexibility index (Phi) is 14.7. The molecule has 8 heterocycles. The summed E-state index contributed by atoms with van der Waals surface area (Å²) in [6.45, 7) is 8.70. The molecule has 0 unspecified atom stereocenters. The van der Waals surface area contributed by atoms with Crippen LogP contribution in [0.4, 0.5) is 25.5 Å². The van der Waals surface area contributed by atoms with Crippen LogP contribution in [-0.4, -0.2) is 108 Å². The highest BCUT2D eigenvalue weighted by Crippen LogP contribution is 2.37. The molecule has 0 aliphatic carbocycles. The van der Waals surface area contributed by atoms with Crippen LogP contribution >= 0.6 is 35.1 Å². The molecular weight excluding hydrogens is 934 g/mol. The maximum absolute atomic E-state index is 14.1. The third-order valence-corrected chi connectivity index (χ3v) is 12.7. The highest BCUT2D eigenvalue weighted by Gasteiger charge is 2.29. The molecule has 0 radical (unpaired) electrons. The van der Waals surface area contributed by atoms with Gasteiger partial charge in [0, 0.05) is 78.4 Å². The van der Waals surface area contributed by atoms with Crippen LogP contribution in [-0.2, 0) is 4.74 Å². The first-order chi connectivity index (χ1) is 32.4. The van der Waals surface area contributed by atoms with E-state index in [1.807, 2.05) is 64.9 Å². The minimum absolute atomic E-state index is 0. The van der Waals surface area contributed by atoms with Gasteiger partial charge in [-0.25, -0.2) is 43.5 Å². The molecule has 2 aliphatic heterocycles. The zero-order valence-electron chi connectivity index (χ0n) is 38.0. The number of hydrogen-bond acceptors (Lipinski definition) is 15. The number of benzene rings is 2. The number of amides is 1.